The summed E-state index contributed by atoms with van der Waals surface area (Å²) in [6.45, 7) is 6.53. The number of benzene rings is 1. The van der Waals surface area contributed by atoms with Crippen LogP contribution in [0.5, 0.6) is 0 Å². The second-order valence-corrected chi connectivity index (χ2v) is 6.66. The summed E-state index contributed by atoms with van der Waals surface area (Å²) in [5.74, 6) is 2.04. The molecule has 1 N–H and O–H groups in total. The molecule has 0 fully saturated rings. The lowest BCUT2D eigenvalue weighted by Crippen LogP contribution is -2.29. The average molecular weight is 302 g/mol. The minimum atomic E-state index is 0.318. The van der Waals surface area contributed by atoms with Gasteiger partial charge in [-0.05, 0) is 37.0 Å². The molecule has 4 nitrogen and oxygen atoms in total. The smallest absolute Gasteiger partial charge is 0.210 e. The Bertz CT molecular complexity index is 635. The van der Waals surface area contributed by atoms with Crippen LogP contribution >= 0.6 is 11.8 Å². The van der Waals surface area contributed by atoms with Gasteiger partial charge in [0, 0.05) is 12.2 Å². The summed E-state index contributed by atoms with van der Waals surface area (Å²) in [7, 11) is 0. The van der Waals surface area contributed by atoms with Crippen molar-refractivity contribution < 1.29 is 0 Å². The normalized spacial score (nSPS) is 17.4. The molecule has 0 spiro atoms. The van der Waals surface area contributed by atoms with E-state index in [0.29, 0.717) is 6.04 Å². The average Bonchev–Trinajstić information content (AvgIpc) is 2.90. The van der Waals surface area contributed by atoms with Gasteiger partial charge >= 0.3 is 0 Å². The number of unbranched alkanes of at least 4 members (excludes halogenated alkanes) is 1. The van der Waals surface area contributed by atoms with Gasteiger partial charge in [-0.2, -0.15) is 0 Å². The van der Waals surface area contributed by atoms with Gasteiger partial charge in [0.25, 0.3) is 0 Å². The van der Waals surface area contributed by atoms with E-state index in [-0.39, 0.29) is 0 Å². The lowest BCUT2D eigenvalue weighted by Gasteiger charge is -2.27. The third kappa shape index (κ3) is 2.93. The van der Waals surface area contributed by atoms with Gasteiger partial charge in [-0.3, -0.25) is 0 Å². The molecule has 1 atom stereocenters. The molecule has 2 aromatic rings. The van der Waals surface area contributed by atoms with Crippen LogP contribution in [0.25, 0.3) is 0 Å². The number of hydrogen-bond acceptors (Lipinski definition) is 4. The highest BCUT2D eigenvalue weighted by Crippen LogP contribution is 2.30. The third-order valence-corrected chi connectivity index (χ3v) is 5.07. The molecule has 21 heavy (non-hydrogen) atoms. The number of thioether (sulfide) groups is 1. The van der Waals surface area contributed by atoms with Gasteiger partial charge in [0.1, 0.15) is 0 Å². The lowest BCUT2D eigenvalue weighted by atomic mass is 10.0. The first-order chi connectivity index (χ1) is 10.2. The molecule has 3 rings (SSSR count). The van der Waals surface area contributed by atoms with E-state index >= 15 is 0 Å². The van der Waals surface area contributed by atoms with Crippen LogP contribution in [0.2, 0.25) is 0 Å². The van der Waals surface area contributed by atoms with Crippen molar-refractivity contribution in [2.24, 2.45) is 0 Å². The van der Waals surface area contributed by atoms with Crippen molar-refractivity contribution in [3.05, 3.63) is 40.7 Å². The van der Waals surface area contributed by atoms with Crippen molar-refractivity contribution in [2.45, 2.75) is 51.2 Å². The first kappa shape index (κ1) is 14.4. The third-order valence-electron chi connectivity index (χ3n) is 4.05. The van der Waals surface area contributed by atoms with Crippen LogP contribution in [0, 0.1) is 13.8 Å². The van der Waals surface area contributed by atoms with Gasteiger partial charge in [-0.1, -0.05) is 43.3 Å². The Hall–Kier alpha value is -1.49. The van der Waals surface area contributed by atoms with E-state index in [1.165, 1.54) is 23.1 Å². The molecule has 0 saturated heterocycles. The summed E-state index contributed by atoms with van der Waals surface area (Å²) in [5.41, 5.74) is 7.62. The Morgan fingerprint density at radius 3 is 2.90 bits per heavy atom. The van der Waals surface area contributed by atoms with Crippen molar-refractivity contribution in [3.63, 3.8) is 0 Å². The van der Waals surface area contributed by atoms with Crippen molar-refractivity contribution in [3.8, 4) is 0 Å². The lowest BCUT2D eigenvalue weighted by molar-refractivity contribution is 0.619. The van der Waals surface area contributed by atoms with Gasteiger partial charge in [-0.25, -0.2) is 4.68 Å². The van der Waals surface area contributed by atoms with E-state index in [9.17, 15) is 0 Å². The minimum Gasteiger partial charge on any atom is -0.314 e. The zero-order chi connectivity index (χ0) is 14.8. The highest BCUT2D eigenvalue weighted by Gasteiger charge is 2.23. The number of aryl methyl sites for hydroxylation is 3. The molecule has 0 amide bonds. The molecule has 0 bridgehead atoms. The summed E-state index contributed by atoms with van der Waals surface area (Å²) in [6.07, 6.45) is 3.31. The molecule has 0 radical (unpaired) electrons. The molecule has 1 aliphatic heterocycles. The standard InChI is InChI=1S/C16H22N4S/c1-4-5-6-15-17-18-16-20(15)19-14(10-21-16)13-8-7-11(2)12(3)9-13/h7-9,14,19H,4-6,10H2,1-3H3. The molecule has 0 aliphatic carbocycles. The molecule has 1 unspecified atom stereocenters. The molecule has 2 heterocycles. The number of nitrogens with one attached hydrogen (secondary N) is 1. The molecule has 1 aromatic heterocycles. The predicted molar refractivity (Wildman–Crippen MR) is 87.4 cm³/mol. The second-order valence-electron chi connectivity index (χ2n) is 5.67. The quantitative estimate of drug-likeness (QED) is 0.936. The van der Waals surface area contributed by atoms with E-state index in [2.05, 4.69) is 59.3 Å². The molecule has 1 aromatic carbocycles. The first-order valence-electron chi connectivity index (χ1n) is 7.60. The summed E-state index contributed by atoms with van der Waals surface area (Å²) < 4.78 is 2.09. The summed E-state index contributed by atoms with van der Waals surface area (Å²) in [5, 5.41) is 9.59. The fourth-order valence-electron chi connectivity index (χ4n) is 2.52. The van der Waals surface area contributed by atoms with E-state index in [1.54, 1.807) is 11.8 Å². The summed E-state index contributed by atoms with van der Waals surface area (Å²) in [6, 6.07) is 7.03. The Labute approximate surface area is 130 Å². The van der Waals surface area contributed by atoms with E-state index < -0.39 is 0 Å². The fraction of sp³-hybridized carbons (Fsp3) is 0.500. The van der Waals surface area contributed by atoms with Crippen molar-refractivity contribution in [1.82, 2.24) is 14.9 Å². The second kappa shape index (κ2) is 6.10. The first-order valence-corrected chi connectivity index (χ1v) is 8.58. The number of aromatic nitrogens is 3. The number of hydrogen-bond donors (Lipinski definition) is 1. The van der Waals surface area contributed by atoms with E-state index in [0.717, 1.165) is 29.6 Å². The number of fused-ring (bicyclic) bond motifs is 1. The maximum Gasteiger partial charge on any atom is 0.210 e. The Morgan fingerprint density at radius 2 is 2.14 bits per heavy atom. The van der Waals surface area contributed by atoms with Gasteiger partial charge < -0.3 is 5.43 Å². The van der Waals surface area contributed by atoms with Crippen LogP contribution in [0.1, 0.15) is 48.3 Å². The number of nitrogens with zero attached hydrogens (tertiary/aromatic N) is 3. The van der Waals surface area contributed by atoms with Crippen molar-refractivity contribution in [2.75, 3.05) is 11.2 Å². The number of rotatable bonds is 4. The van der Waals surface area contributed by atoms with Gasteiger partial charge in [0.15, 0.2) is 5.82 Å². The Kier molecular flexibility index (Phi) is 4.19. The van der Waals surface area contributed by atoms with Gasteiger partial charge in [0.05, 0.1) is 6.04 Å². The summed E-state index contributed by atoms with van der Waals surface area (Å²) in [4.78, 5) is 0. The highest BCUT2D eigenvalue weighted by molar-refractivity contribution is 7.99. The van der Waals surface area contributed by atoms with Crippen molar-refractivity contribution >= 4 is 11.8 Å². The topological polar surface area (TPSA) is 42.7 Å². The fourth-order valence-corrected chi connectivity index (χ4v) is 3.49. The van der Waals surface area contributed by atoms with Crippen LogP contribution in [0.3, 0.4) is 0 Å². The van der Waals surface area contributed by atoms with Crippen LogP contribution < -0.4 is 5.43 Å². The predicted octanol–water partition coefficient (Wildman–Crippen LogP) is 3.63. The van der Waals surface area contributed by atoms with Crippen LogP contribution in [0.15, 0.2) is 23.4 Å². The van der Waals surface area contributed by atoms with Crippen LogP contribution in [-0.2, 0) is 6.42 Å². The zero-order valence-corrected chi connectivity index (χ0v) is 13.7. The molecule has 112 valence electrons. The molecule has 5 heteroatoms. The highest BCUT2D eigenvalue weighted by atomic mass is 32.2. The van der Waals surface area contributed by atoms with E-state index in [4.69, 9.17) is 0 Å². The maximum absolute atomic E-state index is 4.32. The van der Waals surface area contributed by atoms with E-state index in [1.807, 2.05) is 0 Å². The monoisotopic (exact) mass is 302 g/mol. The summed E-state index contributed by atoms with van der Waals surface area (Å²) >= 11 is 1.78. The van der Waals surface area contributed by atoms with Gasteiger partial charge in [0.2, 0.25) is 5.16 Å². The van der Waals surface area contributed by atoms with Gasteiger partial charge in [-0.15, -0.1) is 10.2 Å². The Balaban J connectivity index is 1.82. The van der Waals surface area contributed by atoms with Crippen molar-refractivity contribution in [1.29, 1.82) is 0 Å². The van der Waals surface area contributed by atoms with Crippen LogP contribution in [-0.4, -0.2) is 20.6 Å². The largest absolute Gasteiger partial charge is 0.314 e. The Morgan fingerprint density at radius 1 is 1.29 bits per heavy atom. The molecule has 0 saturated carbocycles. The minimum absolute atomic E-state index is 0.318. The molecule has 1 aliphatic rings. The van der Waals surface area contributed by atoms with Crippen LogP contribution in [0.4, 0.5) is 0 Å². The molecular formula is C16H22N4S. The maximum atomic E-state index is 4.32. The SMILES string of the molecule is CCCCc1nnc2n1NC(c1ccc(C)c(C)c1)CS2. The molecular weight excluding hydrogens is 280 g/mol. The zero-order valence-electron chi connectivity index (χ0n) is 12.9.